The summed E-state index contributed by atoms with van der Waals surface area (Å²) in [4.78, 5) is 21.6. The highest BCUT2D eigenvalue weighted by Crippen LogP contribution is 2.24. The van der Waals surface area contributed by atoms with Gasteiger partial charge in [0.1, 0.15) is 10.7 Å². The number of carbonyl (C=O) groups excluding carboxylic acids is 1. The van der Waals surface area contributed by atoms with Crippen molar-refractivity contribution in [3.05, 3.63) is 102 Å². The molecule has 190 valence electrons. The Balaban J connectivity index is 1.24. The van der Waals surface area contributed by atoms with Crippen molar-refractivity contribution in [3.8, 4) is 0 Å². The Kier molecular flexibility index (Phi) is 6.90. The molecule has 5 rings (SSSR count). The Morgan fingerprint density at radius 2 is 1.73 bits per heavy atom. The minimum atomic E-state index is -3.87. The fourth-order valence-corrected chi connectivity index (χ4v) is 5.92. The minimum absolute atomic E-state index is 0.00117. The molecule has 37 heavy (non-hydrogen) atoms. The zero-order chi connectivity index (χ0) is 26.0. The zero-order valence-electron chi connectivity index (χ0n) is 20.3. The van der Waals surface area contributed by atoms with E-state index in [0.29, 0.717) is 42.9 Å². The predicted octanol–water partition coefficient (Wildman–Crippen LogP) is 4.52. The molecule has 1 amide bonds. The van der Waals surface area contributed by atoms with Gasteiger partial charge in [-0.1, -0.05) is 30.3 Å². The number of piperazine rings is 1. The maximum Gasteiger partial charge on any atom is 0.264 e. The lowest BCUT2D eigenvalue weighted by Crippen LogP contribution is -2.53. The van der Waals surface area contributed by atoms with Crippen LogP contribution in [0.1, 0.15) is 22.8 Å². The van der Waals surface area contributed by atoms with E-state index >= 15 is 0 Å². The highest BCUT2D eigenvalue weighted by molar-refractivity contribution is 7.93. The number of nitrogens with one attached hydrogen (secondary N) is 1. The number of sulfonamides is 1. The molecule has 3 aromatic carbocycles. The average Bonchev–Trinajstić information content (AvgIpc) is 2.89. The van der Waals surface area contributed by atoms with E-state index < -0.39 is 10.0 Å². The number of nitrogens with zero attached hydrogens (tertiary/aromatic N) is 3. The van der Waals surface area contributed by atoms with E-state index in [9.17, 15) is 17.6 Å². The molecule has 1 atom stereocenters. The number of carbonyl (C=O) groups is 1. The van der Waals surface area contributed by atoms with Gasteiger partial charge >= 0.3 is 0 Å². The molecule has 0 bridgehead atoms. The SMILES string of the molecule is C[C@@H]1CN(Cc2ccc(F)cc2)CCN1C(=O)c1ccc(NS(=O)(=O)c2cccc3cccnc23)cc1. The molecule has 1 fully saturated rings. The van der Waals surface area contributed by atoms with Crippen LogP contribution >= 0.6 is 0 Å². The Morgan fingerprint density at radius 1 is 1.00 bits per heavy atom. The van der Waals surface area contributed by atoms with Gasteiger partial charge in [-0.25, -0.2) is 12.8 Å². The standard InChI is InChI=1S/C28H27FN4O3S/c1-20-18-32(19-21-7-11-24(29)12-8-21)16-17-33(20)28(34)23-9-13-25(14-10-23)31-37(35,36)26-6-2-4-22-5-3-15-30-27(22)26/h2-15,20,31H,16-19H2,1H3/t20-/m1/s1. The van der Waals surface area contributed by atoms with Crippen molar-refractivity contribution < 1.29 is 17.6 Å². The van der Waals surface area contributed by atoms with Crippen molar-refractivity contribution in [2.75, 3.05) is 24.4 Å². The first-order valence-electron chi connectivity index (χ1n) is 12.0. The quantitative estimate of drug-likeness (QED) is 0.406. The van der Waals surface area contributed by atoms with Crippen molar-refractivity contribution in [2.24, 2.45) is 0 Å². The second kappa shape index (κ2) is 10.3. The Morgan fingerprint density at radius 3 is 2.46 bits per heavy atom. The summed E-state index contributed by atoms with van der Waals surface area (Å²) < 4.78 is 41.9. The van der Waals surface area contributed by atoms with Gasteiger partial charge in [0.25, 0.3) is 15.9 Å². The molecule has 1 N–H and O–H groups in total. The van der Waals surface area contributed by atoms with E-state index in [1.807, 2.05) is 24.0 Å². The highest BCUT2D eigenvalue weighted by atomic mass is 32.2. The molecule has 0 radical (unpaired) electrons. The number of halogens is 1. The molecule has 4 aromatic rings. The van der Waals surface area contributed by atoms with E-state index in [2.05, 4.69) is 14.6 Å². The number of benzene rings is 3. The Bertz CT molecular complexity index is 1520. The van der Waals surface area contributed by atoms with Gasteiger partial charge in [-0.3, -0.25) is 19.4 Å². The summed E-state index contributed by atoms with van der Waals surface area (Å²) in [6, 6.07) is 21.5. The molecular weight excluding hydrogens is 491 g/mol. The zero-order valence-corrected chi connectivity index (χ0v) is 21.2. The van der Waals surface area contributed by atoms with Gasteiger partial charge in [-0.15, -0.1) is 0 Å². The summed E-state index contributed by atoms with van der Waals surface area (Å²) in [7, 11) is -3.87. The summed E-state index contributed by atoms with van der Waals surface area (Å²) in [5.74, 6) is -0.349. The van der Waals surface area contributed by atoms with Crippen LogP contribution in [-0.2, 0) is 16.6 Å². The lowest BCUT2D eigenvalue weighted by Gasteiger charge is -2.40. The summed E-state index contributed by atoms with van der Waals surface area (Å²) in [5, 5.41) is 0.734. The van der Waals surface area contributed by atoms with Gasteiger partial charge in [0, 0.05) is 55.1 Å². The number of aromatic nitrogens is 1. The highest BCUT2D eigenvalue weighted by Gasteiger charge is 2.28. The first-order valence-corrected chi connectivity index (χ1v) is 13.5. The van der Waals surface area contributed by atoms with Crippen LogP contribution in [0.25, 0.3) is 10.9 Å². The van der Waals surface area contributed by atoms with Crippen molar-refractivity contribution in [3.63, 3.8) is 0 Å². The Hall–Kier alpha value is -3.82. The summed E-state index contributed by atoms with van der Waals surface area (Å²) >= 11 is 0. The number of fused-ring (bicyclic) bond motifs is 1. The third kappa shape index (κ3) is 5.47. The van der Waals surface area contributed by atoms with Gasteiger partial charge in [0.05, 0.1) is 5.52 Å². The molecule has 0 saturated carbocycles. The fraction of sp³-hybridized carbons (Fsp3) is 0.214. The summed E-state index contributed by atoms with van der Waals surface area (Å²) in [6.45, 7) is 4.71. The van der Waals surface area contributed by atoms with Crippen LogP contribution in [0.4, 0.5) is 10.1 Å². The lowest BCUT2D eigenvalue weighted by molar-refractivity contribution is 0.0475. The van der Waals surface area contributed by atoms with Crippen LogP contribution in [-0.4, -0.2) is 54.8 Å². The van der Waals surface area contributed by atoms with Gasteiger partial charge in [0.15, 0.2) is 0 Å². The number of amides is 1. The average molecular weight is 519 g/mol. The number of pyridine rings is 1. The van der Waals surface area contributed by atoms with Crippen molar-refractivity contribution >= 4 is 32.5 Å². The van der Waals surface area contributed by atoms with E-state index in [0.717, 1.165) is 10.9 Å². The van der Waals surface area contributed by atoms with E-state index in [1.165, 1.54) is 18.2 Å². The third-order valence-corrected chi connectivity index (χ3v) is 7.97. The number of rotatable bonds is 6. The number of anilines is 1. The maximum absolute atomic E-state index is 13.2. The minimum Gasteiger partial charge on any atom is -0.333 e. The van der Waals surface area contributed by atoms with Gasteiger partial charge < -0.3 is 4.90 Å². The van der Waals surface area contributed by atoms with Crippen molar-refractivity contribution in [2.45, 2.75) is 24.4 Å². The van der Waals surface area contributed by atoms with Crippen LogP contribution in [0.2, 0.25) is 0 Å². The first kappa shape index (κ1) is 24.9. The van der Waals surface area contributed by atoms with Crippen molar-refractivity contribution in [1.29, 1.82) is 0 Å². The molecule has 0 spiro atoms. The molecule has 2 heterocycles. The third-order valence-electron chi connectivity index (χ3n) is 6.56. The molecule has 0 unspecified atom stereocenters. The van der Waals surface area contributed by atoms with Crippen molar-refractivity contribution in [1.82, 2.24) is 14.8 Å². The molecule has 1 saturated heterocycles. The number of hydrogen-bond donors (Lipinski definition) is 1. The van der Waals surface area contributed by atoms with Gasteiger partial charge in [-0.2, -0.15) is 0 Å². The number of hydrogen-bond acceptors (Lipinski definition) is 5. The molecule has 1 aliphatic rings. The van der Waals surface area contributed by atoms with Crippen LogP contribution in [0, 0.1) is 5.82 Å². The van der Waals surface area contributed by atoms with Gasteiger partial charge in [-0.05, 0) is 61.0 Å². The van der Waals surface area contributed by atoms with Crippen LogP contribution < -0.4 is 4.72 Å². The second-order valence-electron chi connectivity index (χ2n) is 9.22. The molecule has 0 aliphatic carbocycles. The smallest absolute Gasteiger partial charge is 0.264 e. The monoisotopic (exact) mass is 518 g/mol. The summed E-state index contributed by atoms with van der Waals surface area (Å²) in [6.07, 6.45) is 1.56. The second-order valence-corrected chi connectivity index (χ2v) is 10.9. The Labute approximate surface area is 215 Å². The van der Waals surface area contributed by atoms with E-state index in [1.54, 1.807) is 54.7 Å². The predicted molar refractivity (Wildman–Crippen MR) is 141 cm³/mol. The number of para-hydroxylation sites is 1. The maximum atomic E-state index is 13.2. The topological polar surface area (TPSA) is 82.6 Å². The molecule has 7 nitrogen and oxygen atoms in total. The molecular formula is C28H27FN4O3S. The molecule has 1 aromatic heterocycles. The van der Waals surface area contributed by atoms with E-state index in [4.69, 9.17) is 0 Å². The normalized spacial score (nSPS) is 16.6. The molecule has 9 heteroatoms. The van der Waals surface area contributed by atoms with Gasteiger partial charge in [0.2, 0.25) is 0 Å². The molecule has 1 aliphatic heterocycles. The van der Waals surface area contributed by atoms with Crippen LogP contribution in [0.5, 0.6) is 0 Å². The first-order chi connectivity index (χ1) is 17.8. The lowest BCUT2D eigenvalue weighted by atomic mass is 10.1. The largest absolute Gasteiger partial charge is 0.333 e. The summed E-state index contributed by atoms with van der Waals surface area (Å²) in [5.41, 5.74) is 2.29. The fourth-order valence-electron chi connectivity index (χ4n) is 4.68. The van der Waals surface area contributed by atoms with Crippen LogP contribution in [0.3, 0.4) is 0 Å². The van der Waals surface area contributed by atoms with E-state index in [-0.39, 0.29) is 22.7 Å². The van der Waals surface area contributed by atoms with Crippen LogP contribution in [0.15, 0.2) is 90.0 Å².